The van der Waals surface area contributed by atoms with E-state index in [4.69, 9.17) is 9.84 Å². The van der Waals surface area contributed by atoms with Crippen LogP contribution in [-0.2, 0) is 9.53 Å². The van der Waals surface area contributed by atoms with Crippen molar-refractivity contribution in [2.75, 3.05) is 33.4 Å². The highest BCUT2D eigenvalue weighted by atomic mass is 16.5. The van der Waals surface area contributed by atoms with Gasteiger partial charge in [0.2, 0.25) is 0 Å². The van der Waals surface area contributed by atoms with Crippen LogP contribution in [0.4, 0.5) is 4.79 Å². The van der Waals surface area contributed by atoms with E-state index in [1.165, 1.54) is 0 Å². The van der Waals surface area contributed by atoms with Crippen molar-refractivity contribution in [1.82, 2.24) is 10.2 Å². The Labute approximate surface area is 127 Å². The predicted octanol–water partition coefficient (Wildman–Crippen LogP) is 2.19. The Balaban J connectivity index is 4.03. The predicted molar refractivity (Wildman–Crippen MR) is 82.3 cm³/mol. The van der Waals surface area contributed by atoms with Gasteiger partial charge in [0, 0.05) is 33.2 Å². The van der Waals surface area contributed by atoms with E-state index in [1.807, 2.05) is 6.92 Å². The van der Waals surface area contributed by atoms with Gasteiger partial charge in [-0.1, -0.05) is 20.8 Å². The number of hydrogen-bond acceptors (Lipinski definition) is 3. The lowest BCUT2D eigenvalue weighted by Gasteiger charge is -2.25. The third-order valence-corrected chi connectivity index (χ3v) is 3.20. The number of hydrogen-bond donors (Lipinski definition) is 2. The molecule has 0 rings (SSSR count). The molecule has 1 atom stereocenters. The van der Waals surface area contributed by atoms with Crippen LogP contribution in [0.3, 0.4) is 0 Å². The number of carbonyl (C=O) groups excluding carboxylic acids is 1. The molecular weight excluding hydrogens is 272 g/mol. The van der Waals surface area contributed by atoms with Crippen LogP contribution < -0.4 is 5.32 Å². The summed E-state index contributed by atoms with van der Waals surface area (Å²) in [7, 11) is 1.62. The number of amides is 2. The number of carboxylic acid groups (broad SMARTS) is 1. The zero-order chi connectivity index (χ0) is 16.3. The molecule has 2 N–H and O–H groups in total. The average molecular weight is 302 g/mol. The van der Waals surface area contributed by atoms with Crippen molar-refractivity contribution in [3.63, 3.8) is 0 Å². The number of carbonyl (C=O) groups is 2. The number of urea groups is 1. The van der Waals surface area contributed by atoms with Crippen molar-refractivity contribution in [3.05, 3.63) is 0 Å². The molecule has 0 heterocycles. The Kier molecular flexibility index (Phi) is 10.7. The lowest BCUT2D eigenvalue weighted by molar-refractivity contribution is -0.137. The smallest absolute Gasteiger partial charge is 0.317 e. The second kappa shape index (κ2) is 11.4. The van der Waals surface area contributed by atoms with Gasteiger partial charge < -0.3 is 20.1 Å². The van der Waals surface area contributed by atoms with Gasteiger partial charge in [-0.2, -0.15) is 0 Å². The summed E-state index contributed by atoms with van der Waals surface area (Å²) in [6.45, 7) is 8.52. The molecule has 0 aliphatic carbocycles. The first-order chi connectivity index (χ1) is 9.86. The number of nitrogens with one attached hydrogen (secondary N) is 1. The van der Waals surface area contributed by atoms with Gasteiger partial charge in [-0.05, 0) is 24.7 Å². The van der Waals surface area contributed by atoms with Crippen LogP contribution >= 0.6 is 0 Å². The molecular formula is C15H30N2O4. The highest BCUT2D eigenvalue weighted by molar-refractivity contribution is 5.74. The molecule has 124 valence electrons. The summed E-state index contributed by atoms with van der Waals surface area (Å²) in [5, 5.41) is 11.5. The zero-order valence-corrected chi connectivity index (χ0v) is 13.7. The van der Waals surface area contributed by atoms with Gasteiger partial charge in [-0.15, -0.1) is 0 Å². The maximum absolute atomic E-state index is 12.1. The average Bonchev–Trinajstić information content (AvgIpc) is 2.40. The molecule has 2 amide bonds. The van der Waals surface area contributed by atoms with Crippen LogP contribution in [0.15, 0.2) is 0 Å². The second-order valence-electron chi connectivity index (χ2n) is 5.89. The number of ether oxygens (including phenoxy) is 1. The van der Waals surface area contributed by atoms with Gasteiger partial charge in [0.1, 0.15) is 0 Å². The van der Waals surface area contributed by atoms with Crippen LogP contribution in [-0.4, -0.2) is 55.4 Å². The van der Waals surface area contributed by atoms with Crippen LogP contribution in [0.1, 0.15) is 40.0 Å². The first-order valence-corrected chi connectivity index (χ1v) is 7.60. The van der Waals surface area contributed by atoms with Crippen LogP contribution in [0.25, 0.3) is 0 Å². The standard InChI is InChI=1S/C15H30N2O4/c1-12(2)11-17(9-10-21-4)15(20)16-8-7-13(3)5-6-14(18)19/h12-13H,5-11H2,1-4H3,(H,16,20)(H,18,19). The third-order valence-electron chi connectivity index (χ3n) is 3.20. The second-order valence-corrected chi connectivity index (χ2v) is 5.89. The summed E-state index contributed by atoms with van der Waals surface area (Å²) < 4.78 is 5.02. The van der Waals surface area contributed by atoms with Crippen molar-refractivity contribution in [2.24, 2.45) is 11.8 Å². The highest BCUT2D eigenvalue weighted by Crippen LogP contribution is 2.09. The van der Waals surface area contributed by atoms with Gasteiger partial charge >= 0.3 is 12.0 Å². The zero-order valence-electron chi connectivity index (χ0n) is 13.7. The van der Waals surface area contributed by atoms with E-state index in [2.05, 4.69) is 19.2 Å². The van der Waals surface area contributed by atoms with E-state index in [1.54, 1.807) is 12.0 Å². The fourth-order valence-electron chi connectivity index (χ4n) is 1.97. The quantitative estimate of drug-likeness (QED) is 0.613. The van der Waals surface area contributed by atoms with Crippen LogP contribution in [0.5, 0.6) is 0 Å². The van der Waals surface area contributed by atoms with E-state index >= 15 is 0 Å². The van der Waals surface area contributed by atoms with Crippen molar-refractivity contribution in [1.29, 1.82) is 0 Å². The molecule has 6 heteroatoms. The van der Waals surface area contributed by atoms with Crippen molar-refractivity contribution >= 4 is 12.0 Å². The van der Waals surface area contributed by atoms with Gasteiger partial charge in [-0.25, -0.2) is 4.79 Å². The Morgan fingerprint density at radius 1 is 1.24 bits per heavy atom. The lowest BCUT2D eigenvalue weighted by atomic mass is 10.0. The summed E-state index contributed by atoms with van der Waals surface area (Å²) in [6, 6.07) is -0.0776. The molecule has 0 saturated carbocycles. The summed E-state index contributed by atoms with van der Waals surface area (Å²) >= 11 is 0. The normalized spacial score (nSPS) is 12.2. The first kappa shape index (κ1) is 19.7. The molecule has 0 bridgehead atoms. The summed E-state index contributed by atoms with van der Waals surface area (Å²) in [5.74, 6) is -0.0745. The van der Waals surface area contributed by atoms with Gasteiger partial charge in [0.05, 0.1) is 6.61 Å². The summed E-state index contributed by atoms with van der Waals surface area (Å²) in [4.78, 5) is 24.3. The highest BCUT2D eigenvalue weighted by Gasteiger charge is 2.14. The Morgan fingerprint density at radius 3 is 2.43 bits per heavy atom. The minimum absolute atomic E-state index is 0.0776. The Hall–Kier alpha value is -1.30. The number of nitrogens with zero attached hydrogens (tertiary/aromatic N) is 1. The molecule has 0 aliphatic rings. The van der Waals surface area contributed by atoms with Gasteiger partial charge in [-0.3, -0.25) is 4.79 Å². The van der Waals surface area contributed by atoms with Crippen molar-refractivity contribution < 1.29 is 19.4 Å². The molecule has 1 unspecified atom stereocenters. The topological polar surface area (TPSA) is 78.9 Å². The maximum Gasteiger partial charge on any atom is 0.317 e. The molecule has 0 spiro atoms. The fraction of sp³-hybridized carbons (Fsp3) is 0.867. The molecule has 0 aromatic rings. The molecule has 0 fully saturated rings. The molecule has 6 nitrogen and oxygen atoms in total. The van der Waals surface area contributed by atoms with E-state index in [0.717, 1.165) is 6.42 Å². The molecule has 0 radical (unpaired) electrons. The summed E-state index contributed by atoms with van der Waals surface area (Å²) in [5.41, 5.74) is 0. The maximum atomic E-state index is 12.1. The number of carboxylic acids is 1. The van der Waals surface area contributed by atoms with E-state index < -0.39 is 5.97 Å². The van der Waals surface area contributed by atoms with E-state index in [0.29, 0.717) is 44.5 Å². The third kappa shape index (κ3) is 11.1. The lowest BCUT2D eigenvalue weighted by Crippen LogP contribution is -2.44. The number of methoxy groups -OCH3 is 1. The minimum Gasteiger partial charge on any atom is -0.481 e. The van der Waals surface area contributed by atoms with Gasteiger partial charge in [0.25, 0.3) is 0 Å². The molecule has 0 aromatic heterocycles. The molecule has 0 aromatic carbocycles. The molecule has 21 heavy (non-hydrogen) atoms. The number of aliphatic carboxylic acids is 1. The molecule has 0 saturated heterocycles. The van der Waals surface area contributed by atoms with Gasteiger partial charge in [0.15, 0.2) is 0 Å². The first-order valence-electron chi connectivity index (χ1n) is 7.60. The monoisotopic (exact) mass is 302 g/mol. The molecule has 0 aliphatic heterocycles. The summed E-state index contributed by atoms with van der Waals surface area (Å²) in [6.07, 6.45) is 1.62. The van der Waals surface area contributed by atoms with Crippen molar-refractivity contribution in [2.45, 2.75) is 40.0 Å². The van der Waals surface area contributed by atoms with E-state index in [-0.39, 0.29) is 12.5 Å². The van der Waals surface area contributed by atoms with Crippen LogP contribution in [0, 0.1) is 11.8 Å². The fourth-order valence-corrected chi connectivity index (χ4v) is 1.97. The Morgan fingerprint density at radius 2 is 1.90 bits per heavy atom. The van der Waals surface area contributed by atoms with E-state index in [9.17, 15) is 9.59 Å². The minimum atomic E-state index is -0.770. The SMILES string of the molecule is COCCN(CC(C)C)C(=O)NCCC(C)CCC(=O)O. The Bertz CT molecular complexity index is 308. The number of rotatable bonds is 11. The van der Waals surface area contributed by atoms with Crippen molar-refractivity contribution in [3.8, 4) is 0 Å². The largest absolute Gasteiger partial charge is 0.481 e. The van der Waals surface area contributed by atoms with Crippen LogP contribution in [0.2, 0.25) is 0 Å².